The molecule has 3 aromatic rings. The first-order chi connectivity index (χ1) is 15.7. The number of anilines is 1. The Balaban J connectivity index is 1.69. The number of hydrogen-bond acceptors (Lipinski definition) is 6. The third kappa shape index (κ3) is 4.45. The van der Waals surface area contributed by atoms with Crippen molar-refractivity contribution in [2.45, 2.75) is 6.92 Å². The molecular weight excluding hydrogens is 534 g/mol. The Morgan fingerprint density at radius 3 is 2.64 bits per heavy atom. The first-order valence-corrected chi connectivity index (χ1v) is 11.0. The summed E-state index contributed by atoms with van der Waals surface area (Å²) in [5.74, 6) is -0.742. The van der Waals surface area contributed by atoms with Gasteiger partial charge in [0.15, 0.2) is 5.11 Å². The van der Waals surface area contributed by atoms with Crippen LogP contribution in [0.25, 0.3) is 17.4 Å². The van der Waals surface area contributed by atoms with E-state index in [2.05, 4.69) is 21.2 Å². The van der Waals surface area contributed by atoms with E-state index >= 15 is 0 Å². The van der Waals surface area contributed by atoms with Crippen molar-refractivity contribution in [3.63, 3.8) is 0 Å². The number of benzene rings is 2. The number of nitrogens with one attached hydrogen (secondary N) is 1. The molecule has 1 aromatic heterocycles. The first-order valence-electron chi connectivity index (χ1n) is 9.37. The summed E-state index contributed by atoms with van der Waals surface area (Å²) in [6.07, 6.45) is 1.30. The lowest BCUT2D eigenvalue weighted by Crippen LogP contribution is -2.54. The van der Waals surface area contributed by atoms with Gasteiger partial charge in [0.2, 0.25) is 0 Å². The van der Waals surface area contributed by atoms with Gasteiger partial charge >= 0.3 is 0 Å². The lowest BCUT2D eigenvalue weighted by molar-refractivity contribution is -0.384. The molecule has 0 unspecified atom stereocenters. The molecule has 1 aliphatic rings. The van der Waals surface area contributed by atoms with E-state index in [1.807, 2.05) is 13.0 Å². The molecule has 0 saturated carbocycles. The van der Waals surface area contributed by atoms with Crippen LogP contribution in [-0.2, 0) is 9.59 Å². The maximum atomic E-state index is 13.2. The Morgan fingerprint density at radius 1 is 1.18 bits per heavy atom. The second kappa shape index (κ2) is 8.89. The predicted octanol–water partition coefficient (Wildman–Crippen LogP) is 5.41. The zero-order chi connectivity index (χ0) is 23.9. The molecule has 11 heteroatoms. The summed E-state index contributed by atoms with van der Waals surface area (Å²) in [7, 11) is 0. The van der Waals surface area contributed by atoms with Crippen molar-refractivity contribution >= 4 is 74.1 Å². The number of carbonyl (C=O) groups excluding carboxylic acids is 2. The van der Waals surface area contributed by atoms with E-state index in [9.17, 15) is 19.7 Å². The standard InChI is InChI=1S/C22H13BrClN3O5S/c1-11-8-13(23)3-6-17(11)26-21(29)15(20(28)25-22(26)33)10-14-4-7-19(32-14)12-2-5-16(24)18(9-12)27(30)31/h2-10H,1H3,(H,25,28,33)/b15-10-. The van der Waals surface area contributed by atoms with Crippen LogP contribution in [-0.4, -0.2) is 21.9 Å². The van der Waals surface area contributed by atoms with E-state index < -0.39 is 16.7 Å². The second-order valence-corrected chi connectivity index (χ2v) is 8.72. The van der Waals surface area contributed by atoms with Gasteiger partial charge in [-0.1, -0.05) is 27.5 Å². The molecule has 1 aliphatic heterocycles. The van der Waals surface area contributed by atoms with Crippen LogP contribution in [0, 0.1) is 17.0 Å². The number of nitro benzene ring substituents is 1. The Kier molecular flexibility index (Phi) is 6.15. The minimum Gasteiger partial charge on any atom is -0.457 e. The SMILES string of the molecule is Cc1cc(Br)ccc1N1C(=O)/C(=C\c2ccc(-c3ccc(Cl)c([N+](=O)[O-])c3)o2)C(=O)NC1=S. The summed E-state index contributed by atoms with van der Waals surface area (Å²) in [5.41, 5.74) is 1.30. The summed E-state index contributed by atoms with van der Waals surface area (Å²) in [5, 5.41) is 13.6. The minimum atomic E-state index is -0.656. The van der Waals surface area contributed by atoms with Crippen molar-refractivity contribution in [2.24, 2.45) is 0 Å². The van der Waals surface area contributed by atoms with Gasteiger partial charge in [-0.2, -0.15) is 0 Å². The Morgan fingerprint density at radius 2 is 1.94 bits per heavy atom. The summed E-state index contributed by atoms with van der Waals surface area (Å²) in [4.78, 5) is 37.5. The third-order valence-electron chi connectivity index (χ3n) is 4.84. The summed E-state index contributed by atoms with van der Waals surface area (Å²) >= 11 is 14.5. The summed E-state index contributed by atoms with van der Waals surface area (Å²) < 4.78 is 6.56. The highest BCUT2D eigenvalue weighted by atomic mass is 79.9. The average Bonchev–Trinajstić information content (AvgIpc) is 3.21. The molecule has 2 heterocycles. The molecule has 0 radical (unpaired) electrons. The molecule has 4 rings (SSSR count). The van der Waals surface area contributed by atoms with Crippen molar-refractivity contribution < 1.29 is 18.9 Å². The molecule has 0 spiro atoms. The van der Waals surface area contributed by atoms with Gasteiger partial charge in [0.05, 0.1) is 10.6 Å². The molecular formula is C22H13BrClN3O5S. The third-order valence-corrected chi connectivity index (χ3v) is 5.94. The molecule has 0 atom stereocenters. The fourth-order valence-corrected chi connectivity index (χ4v) is 4.22. The van der Waals surface area contributed by atoms with Crippen molar-refractivity contribution in [3.8, 4) is 11.3 Å². The average molecular weight is 547 g/mol. The zero-order valence-corrected chi connectivity index (χ0v) is 20.0. The van der Waals surface area contributed by atoms with Crippen molar-refractivity contribution in [3.05, 3.63) is 85.0 Å². The first kappa shape index (κ1) is 22.8. The van der Waals surface area contributed by atoms with Crippen LogP contribution in [0.15, 0.2) is 63.0 Å². The van der Waals surface area contributed by atoms with Crippen molar-refractivity contribution in [2.75, 3.05) is 4.90 Å². The number of hydrogen-bond donors (Lipinski definition) is 1. The molecule has 1 fully saturated rings. The molecule has 8 nitrogen and oxygen atoms in total. The number of thiocarbonyl (C=S) groups is 1. The molecule has 166 valence electrons. The van der Waals surface area contributed by atoms with Crippen molar-refractivity contribution in [1.29, 1.82) is 0 Å². The number of halogens is 2. The smallest absolute Gasteiger partial charge is 0.288 e. The van der Waals surface area contributed by atoms with Gasteiger partial charge in [-0.15, -0.1) is 0 Å². The van der Waals surface area contributed by atoms with E-state index in [4.69, 9.17) is 28.2 Å². The van der Waals surface area contributed by atoms with Crippen LogP contribution in [0.2, 0.25) is 5.02 Å². The maximum absolute atomic E-state index is 13.2. The number of amides is 2. The Bertz CT molecular complexity index is 1380. The van der Waals surface area contributed by atoms with Crippen LogP contribution in [0.4, 0.5) is 11.4 Å². The van der Waals surface area contributed by atoms with Crippen LogP contribution in [0.5, 0.6) is 0 Å². The second-order valence-electron chi connectivity index (χ2n) is 7.01. The molecule has 1 N–H and O–H groups in total. The van der Waals surface area contributed by atoms with Gasteiger partial charge in [-0.3, -0.25) is 29.9 Å². The van der Waals surface area contributed by atoms with E-state index in [1.54, 1.807) is 30.3 Å². The number of furan rings is 1. The molecule has 0 bridgehead atoms. The van der Waals surface area contributed by atoms with Crippen LogP contribution in [0.1, 0.15) is 11.3 Å². The number of rotatable bonds is 4. The molecule has 2 aromatic carbocycles. The van der Waals surface area contributed by atoms with Gasteiger partial charge in [0.1, 0.15) is 22.1 Å². The minimum absolute atomic E-state index is 0.00131. The van der Waals surface area contributed by atoms with Crippen LogP contribution >= 0.6 is 39.7 Å². The molecule has 1 saturated heterocycles. The predicted molar refractivity (Wildman–Crippen MR) is 131 cm³/mol. The Labute approximate surface area is 206 Å². The lowest BCUT2D eigenvalue weighted by atomic mass is 10.1. The monoisotopic (exact) mass is 545 g/mol. The van der Waals surface area contributed by atoms with Gasteiger partial charge in [-0.05, 0) is 73.2 Å². The maximum Gasteiger partial charge on any atom is 0.288 e. The quantitative estimate of drug-likeness (QED) is 0.154. The van der Waals surface area contributed by atoms with E-state index in [-0.39, 0.29) is 27.2 Å². The Hall–Kier alpha value is -3.34. The van der Waals surface area contributed by atoms with Gasteiger partial charge in [-0.25, -0.2) is 0 Å². The fraction of sp³-hybridized carbons (Fsp3) is 0.0455. The number of carbonyl (C=O) groups is 2. The fourth-order valence-electron chi connectivity index (χ4n) is 3.28. The number of aryl methyl sites for hydroxylation is 1. The number of nitro groups is 1. The lowest BCUT2D eigenvalue weighted by Gasteiger charge is -2.29. The highest BCUT2D eigenvalue weighted by Crippen LogP contribution is 2.32. The highest BCUT2D eigenvalue weighted by molar-refractivity contribution is 9.10. The number of nitrogens with zero attached hydrogens (tertiary/aromatic N) is 2. The largest absolute Gasteiger partial charge is 0.457 e. The summed E-state index contributed by atoms with van der Waals surface area (Å²) in [6.45, 7) is 1.82. The van der Waals surface area contributed by atoms with Crippen molar-refractivity contribution in [1.82, 2.24) is 5.32 Å². The summed E-state index contributed by atoms with van der Waals surface area (Å²) in [6, 6.07) is 12.7. The van der Waals surface area contributed by atoms with Crippen LogP contribution < -0.4 is 10.2 Å². The van der Waals surface area contributed by atoms with Gasteiger partial charge in [0, 0.05) is 16.1 Å². The van der Waals surface area contributed by atoms with E-state index in [1.165, 1.54) is 23.1 Å². The van der Waals surface area contributed by atoms with Crippen LogP contribution in [0.3, 0.4) is 0 Å². The van der Waals surface area contributed by atoms with E-state index in [0.717, 1.165) is 10.0 Å². The highest BCUT2D eigenvalue weighted by Gasteiger charge is 2.35. The van der Waals surface area contributed by atoms with E-state index in [0.29, 0.717) is 17.0 Å². The normalized spacial score (nSPS) is 15.2. The molecule has 33 heavy (non-hydrogen) atoms. The molecule has 2 amide bonds. The zero-order valence-electron chi connectivity index (χ0n) is 16.8. The molecule has 0 aliphatic carbocycles. The topological polar surface area (TPSA) is 106 Å². The van der Waals surface area contributed by atoms with Gasteiger partial charge in [0.25, 0.3) is 17.5 Å². The van der Waals surface area contributed by atoms with Gasteiger partial charge < -0.3 is 4.42 Å².